The minimum Gasteiger partial charge on any atom is -0.453 e. The highest BCUT2D eigenvalue weighted by molar-refractivity contribution is 6.71. The van der Waals surface area contributed by atoms with Gasteiger partial charge in [-0.1, -0.05) is 0 Å². The summed E-state index contributed by atoms with van der Waals surface area (Å²) in [6.07, 6.45) is 0.451. The van der Waals surface area contributed by atoms with Crippen molar-refractivity contribution < 1.29 is 18.5 Å². The third kappa shape index (κ3) is 3.26. The molecule has 1 unspecified atom stereocenters. The summed E-state index contributed by atoms with van der Waals surface area (Å²) in [4.78, 5) is 30.0. The molecule has 0 radical (unpaired) electrons. The number of hydrogen-bond acceptors (Lipinski definition) is 6. The van der Waals surface area contributed by atoms with E-state index in [0.29, 0.717) is 29.0 Å². The van der Waals surface area contributed by atoms with Crippen molar-refractivity contribution in [1.29, 1.82) is 0 Å². The van der Waals surface area contributed by atoms with Crippen LogP contribution < -0.4 is 16.6 Å². The van der Waals surface area contributed by atoms with Gasteiger partial charge >= 0.3 is 5.97 Å². The summed E-state index contributed by atoms with van der Waals surface area (Å²) in [6.45, 7) is 4.63. The second kappa shape index (κ2) is 5.76. The fourth-order valence-electron chi connectivity index (χ4n) is 1.80. The molecule has 1 rings (SSSR count). The van der Waals surface area contributed by atoms with E-state index < -0.39 is 20.4 Å². The first-order valence-corrected chi connectivity index (χ1v) is 9.29. The highest BCUT2D eigenvalue weighted by Crippen LogP contribution is 2.34. The van der Waals surface area contributed by atoms with Crippen molar-refractivity contribution in [3.63, 3.8) is 0 Å². The summed E-state index contributed by atoms with van der Waals surface area (Å²) in [5.41, 5.74) is 5.85. The highest BCUT2D eigenvalue weighted by Gasteiger charge is 2.38. The van der Waals surface area contributed by atoms with Gasteiger partial charge in [-0.05, 0) is 26.1 Å². The van der Waals surface area contributed by atoms with Crippen LogP contribution >= 0.6 is 0 Å². The quantitative estimate of drug-likeness (QED) is 0.377. The van der Waals surface area contributed by atoms with Crippen LogP contribution in [0.15, 0.2) is 11.1 Å². The van der Waals surface area contributed by atoms with Gasteiger partial charge in [-0.2, -0.15) is 5.90 Å². The van der Waals surface area contributed by atoms with Crippen LogP contribution in [0.25, 0.3) is 0 Å². The van der Waals surface area contributed by atoms with Crippen molar-refractivity contribution >= 4 is 30.8 Å². The molecule has 102 valence electrons. The molecule has 18 heavy (non-hydrogen) atoms. The molecule has 1 aliphatic rings. The normalized spacial score (nSPS) is 19.6. The number of amides is 1. The van der Waals surface area contributed by atoms with E-state index in [-0.39, 0.29) is 11.5 Å². The molecule has 0 saturated carbocycles. The average Bonchev–Trinajstić information content (AvgIpc) is 2.26. The Morgan fingerprint density at radius 3 is 2.61 bits per heavy atom. The molecule has 1 atom stereocenters. The van der Waals surface area contributed by atoms with E-state index in [9.17, 15) is 9.59 Å². The summed E-state index contributed by atoms with van der Waals surface area (Å²) in [5.74, 6) is 3.44. The van der Waals surface area contributed by atoms with Crippen molar-refractivity contribution in [2.45, 2.75) is 19.5 Å². The minimum absolute atomic E-state index is 0.0693. The predicted octanol–water partition coefficient (Wildman–Crippen LogP) is -2.21. The van der Waals surface area contributed by atoms with Gasteiger partial charge < -0.3 is 19.7 Å². The maximum absolute atomic E-state index is 11.3. The summed E-state index contributed by atoms with van der Waals surface area (Å²) >= 11 is 0. The molecular weight excluding hydrogens is 270 g/mol. The maximum atomic E-state index is 11.3. The Morgan fingerprint density at radius 2 is 2.17 bits per heavy atom. The van der Waals surface area contributed by atoms with E-state index >= 15 is 0 Å². The first kappa shape index (κ1) is 15.1. The van der Waals surface area contributed by atoms with Gasteiger partial charge in [0.2, 0.25) is 5.91 Å². The van der Waals surface area contributed by atoms with Gasteiger partial charge in [0.15, 0.2) is 0 Å². The lowest BCUT2D eigenvalue weighted by Crippen LogP contribution is -2.51. The first-order valence-electron chi connectivity index (χ1n) is 5.56. The Balaban J connectivity index is 2.70. The van der Waals surface area contributed by atoms with Gasteiger partial charge in [0.1, 0.15) is 10.5 Å². The number of primary amides is 1. The molecule has 1 aliphatic carbocycles. The molecule has 0 aromatic heterocycles. The van der Waals surface area contributed by atoms with Crippen LogP contribution in [-0.4, -0.2) is 37.4 Å². The SMILES string of the molecule is C[Si](C)(NCC1CC(C(=O)ON)=C1C(N)=O)O[SiH3]. The van der Waals surface area contributed by atoms with Crippen LogP contribution in [0, 0.1) is 5.92 Å². The molecular formula is C9H19N3O4Si2. The molecule has 0 heterocycles. The van der Waals surface area contributed by atoms with Crippen LogP contribution in [0.5, 0.6) is 0 Å². The summed E-state index contributed by atoms with van der Waals surface area (Å²) in [6, 6.07) is 0. The topological polar surface area (TPSA) is 117 Å². The Kier molecular flexibility index (Phi) is 4.81. The lowest BCUT2D eigenvalue weighted by atomic mass is 9.77. The first-order chi connectivity index (χ1) is 8.32. The summed E-state index contributed by atoms with van der Waals surface area (Å²) < 4.78 is 5.47. The number of carbonyl (C=O) groups excluding carboxylic acids is 2. The molecule has 5 N–H and O–H groups in total. The Morgan fingerprint density at radius 1 is 1.56 bits per heavy atom. The summed E-state index contributed by atoms with van der Waals surface area (Å²) in [7, 11) is -1.18. The number of nitrogens with two attached hydrogens (primary N) is 2. The van der Waals surface area contributed by atoms with E-state index in [1.165, 1.54) is 0 Å². The number of rotatable bonds is 6. The molecule has 1 amide bonds. The lowest BCUT2D eigenvalue weighted by molar-refractivity contribution is -0.140. The van der Waals surface area contributed by atoms with Gasteiger partial charge in [0, 0.05) is 17.1 Å². The predicted molar refractivity (Wildman–Crippen MR) is 71.1 cm³/mol. The smallest absolute Gasteiger partial charge is 0.352 e. The third-order valence-electron chi connectivity index (χ3n) is 3.09. The van der Waals surface area contributed by atoms with Crippen LogP contribution in [0.3, 0.4) is 0 Å². The molecule has 0 aromatic carbocycles. The van der Waals surface area contributed by atoms with Crippen LogP contribution in [-0.2, 0) is 18.5 Å². The third-order valence-corrected chi connectivity index (χ3v) is 8.23. The number of carbonyl (C=O) groups is 2. The van der Waals surface area contributed by atoms with Gasteiger partial charge in [0.25, 0.3) is 8.48 Å². The van der Waals surface area contributed by atoms with Crippen LogP contribution in [0.4, 0.5) is 0 Å². The van der Waals surface area contributed by atoms with E-state index in [1.54, 1.807) is 0 Å². The zero-order valence-corrected chi connectivity index (χ0v) is 13.8. The number of nitrogens with one attached hydrogen (secondary N) is 1. The van der Waals surface area contributed by atoms with Crippen molar-refractivity contribution in [1.82, 2.24) is 4.98 Å². The zero-order valence-electron chi connectivity index (χ0n) is 10.8. The maximum Gasteiger partial charge on any atom is 0.352 e. The average molecular weight is 289 g/mol. The van der Waals surface area contributed by atoms with Gasteiger partial charge in [-0.15, -0.1) is 0 Å². The number of hydrogen-bond donors (Lipinski definition) is 3. The lowest BCUT2D eigenvalue weighted by Gasteiger charge is -2.33. The zero-order chi connectivity index (χ0) is 13.9. The molecule has 0 saturated heterocycles. The van der Waals surface area contributed by atoms with E-state index in [1.807, 2.05) is 13.1 Å². The largest absolute Gasteiger partial charge is 0.453 e. The fraction of sp³-hybridized carbons (Fsp3) is 0.556. The second-order valence-electron chi connectivity index (χ2n) is 4.66. The van der Waals surface area contributed by atoms with Gasteiger partial charge in [-0.3, -0.25) is 4.79 Å². The molecule has 7 nitrogen and oxygen atoms in total. The van der Waals surface area contributed by atoms with Gasteiger partial charge in [0.05, 0.1) is 0 Å². The molecule has 0 aromatic rings. The molecule has 0 spiro atoms. The van der Waals surface area contributed by atoms with Crippen LogP contribution in [0.2, 0.25) is 13.1 Å². The van der Waals surface area contributed by atoms with E-state index in [0.717, 1.165) is 0 Å². The molecule has 9 heteroatoms. The van der Waals surface area contributed by atoms with Crippen molar-refractivity contribution in [2.75, 3.05) is 6.54 Å². The Labute approximate surface area is 110 Å². The fourth-order valence-corrected chi connectivity index (χ4v) is 3.12. The van der Waals surface area contributed by atoms with E-state index in [4.69, 9.17) is 15.7 Å². The van der Waals surface area contributed by atoms with Crippen molar-refractivity contribution in [3.8, 4) is 0 Å². The van der Waals surface area contributed by atoms with Crippen molar-refractivity contribution in [2.24, 2.45) is 17.5 Å². The van der Waals surface area contributed by atoms with Crippen LogP contribution in [0.1, 0.15) is 6.42 Å². The Bertz CT molecular complexity index is 397. The van der Waals surface area contributed by atoms with Crippen molar-refractivity contribution in [3.05, 3.63) is 11.1 Å². The minimum atomic E-state index is -1.85. The van der Waals surface area contributed by atoms with Gasteiger partial charge in [-0.25, -0.2) is 4.79 Å². The Hall–Kier alpha value is -1.01. The molecule has 0 bridgehead atoms. The second-order valence-corrected chi connectivity index (χ2v) is 9.67. The molecule has 0 aliphatic heterocycles. The monoisotopic (exact) mass is 289 g/mol. The van der Waals surface area contributed by atoms with E-state index in [2.05, 4.69) is 9.82 Å². The molecule has 0 fully saturated rings. The summed E-state index contributed by atoms with van der Waals surface area (Å²) in [5, 5.41) is 0. The standard InChI is InChI=1S/C9H19N3O4Si2/c1-18(2,16-17)12-4-5-3-6(9(14)15-11)7(5)8(10)13/h5,12H,3-4,11H2,1-2,17H3,(H2,10,13). The highest BCUT2D eigenvalue weighted by atomic mass is 28.4.